The molecule has 2 amide bonds. The first kappa shape index (κ1) is 24.4. The lowest BCUT2D eigenvalue weighted by Crippen LogP contribution is -2.51. The second-order valence-corrected chi connectivity index (χ2v) is 9.49. The van der Waals surface area contributed by atoms with Gasteiger partial charge in [0.05, 0.1) is 11.9 Å². The van der Waals surface area contributed by atoms with Crippen molar-refractivity contribution in [2.75, 3.05) is 24.2 Å². The molecular weight excluding hydrogens is 414 g/mol. The van der Waals surface area contributed by atoms with E-state index in [9.17, 15) is 18.0 Å². The van der Waals surface area contributed by atoms with Crippen molar-refractivity contribution in [2.45, 2.75) is 39.8 Å². The highest BCUT2D eigenvalue weighted by atomic mass is 32.2. The molecule has 31 heavy (non-hydrogen) atoms. The van der Waals surface area contributed by atoms with E-state index in [0.29, 0.717) is 12.1 Å². The van der Waals surface area contributed by atoms with E-state index in [1.165, 1.54) is 11.9 Å². The summed E-state index contributed by atoms with van der Waals surface area (Å²) in [6, 6.07) is 13.9. The summed E-state index contributed by atoms with van der Waals surface area (Å²) < 4.78 is 26.2. The van der Waals surface area contributed by atoms with Crippen LogP contribution in [0.25, 0.3) is 0 Å². The Kier molecular flexibility index (Phi) is 8.21. The number of aryl methyl sites for hydroxylation is 2. The zero-order valence-electron chi connectivity index (χ0n) is 18.8. The van der Waals surface area contributed by atoms with Gasteiger partial charge in [-0.15, -0.1) is 0 Å². The van der Waals surface area contributed by atoms with Gasteiger partial charge >= 0.3 is 0 Å². The largest absolute Gasteiger partial charge is 0.357 e. The van der Waals surface area contributed by atoms with Crippen molar-refractivity contribution in [1.82, 2.24) is 10.2 Å². The average Bonchev–Trinajstić information content (AvgIpc) is 2.73. The maximum Gasteiger partial charge on any atom is 0.244 e. The van der Waals surface area contributed by atoms with Gasteiger partial charge in [-0.1, -0.05) is 43.3 Å². The number of nitrogens with one attached hydrogen (secondary N) is 1. The van der Waals surface area contributed by atoms with Crippen molar-refractivity contribution in [3.8, 4) is 0 Å². The number of rotatable bonds is 9. The predicted molar refractivity (Wildman–Crippen MR) is 123 cm³/mol. The summed E-state index contributed by atoms with van der Waals surface area (Å²) in [4.78, 5) is 27.3. The van der Waals surface area contributed by atoms with Gasteiger partial charge in [0.15, 0.2) is 0 Å². The molecule has 0 bridgehead atoms. The molecule has 0 aliphatic rings. The SMILES string of the molecule is CC[C@@H](C(=O)NC)N(Cc1ccccc1)C(=O)CN(c1ccc(C)c(C)c1)S(C)(=O)=O. The Morgan fingerprint density at radius 2 is 1.68 bits per heavy atom. The number of benzene rings is 2. The van der Waals surface area contributed by atoms with Crippen molar-refractivity contribution < 1.29 is 18.0 Å². The summed E-state index contributed by atoms with van der Waals surface area (Å²) in [7, 11) is -2.20. The molecule has 2 rings (SSSR count). The molecule has 2 aromatic rings. The normalized spacial score (nSPS) is 12.2. The lowest BCUT2D eigenvalue weighted by Gasteiger charge is -2.32. The Labute approximate surface area is 185 Å². The first-order chi connectivity index (χ1) is 14.6. The molecule has 2 aromatic carbocycles. The van der Waals surface area contributed by atoms with Gasteiger partial charge in [0, 0.05) is 13.6 Å². The van der Waals surface area contributed by atoms with Crippen molar-refractivity contribution >= 4 is 27.5 Å². The summed E-state index contributed by atoms with van der Waals surface area (Å²) in [6.07, 6.45) is 1.48. The minimum absolute atomic E-state index is 0.204. The van der Waals surface area contributed by atoms with Crippen molar-refractivity contribution in [3.05, 3.63) is 65.2 Å². The number of hydrogen-bond donors (Lipinski definition) is 1. The number of sulfonamides is 1. The molecule has 0 aliphatic carbocycles. The molecule has 8 heteroatoms. The van der Waals surface area contributed by atoms with Crippen LogP contribution in [-0.2, 0) is 26.2 Å². The average molecular weight is 446 g/mol. The van der Waals surface area contributed by atoms with Gasteiger partial charge in [0.25, 0.3) is 0 Å². The molecule has 1 atom stereocenters. The number of amides is 2. The lowest BCUT2D eigenvalue weighted by molar-refractivity contribution is -0.140. The topological polar surface area (TPSA) is 86.8 Å². The van der Waals surface area contributed by atoms with Crippen molar-refractivity contribution in [1.29, 1.82) is 0 Å². The number of carbonyl (C=O) groups excluding carboxylic acids is 2. The molecule has 0 aromatic heterocycles. The van der Waals surface area contributed by atoms with Crippen LogP contribution in [0.3, 0.4) is 0 Å². The Balaban J connectivity index is 2.42. The van der Waals surface area contributed by atoms with Crippen molar-refractivity contribution in [2.24, 2.45) is 0 Å². The summed E-state index contributed by atoms with van der Waals surface area (Å²) in [5, 5.41) is 2.60. The highest BCUT2D eigenvalue weighted by Crippen LogP contribution is 2.22. The monoisotopic (exact) mass is 445 g/mol. The fourth-order valence-corrected chi connectivity index (χ4v) is 4.20. The molecule has 0 spiro atoms. The van der Waals surface area contributed by atoms with Crippen LogP contribution >= 0.6 is 0 Å². The predicted octanol–water partition coefficient (Wildman–Crippen LogP) is 2.62. The fraction of sp³-hybridized carbons (Fsp3) is 0.391. The Morgan fingerprint density at radius 3 is 2.19 bits per heavy atom. The van der Waals surface area contributed by atoms with Gasteiger partial charge in [-0.25, -0.2) is 8.42 Å². The third kappa shape index (κ3) is 6.30. The molecular formula is C23H31N3O4S. The smallest absolute Gasteiger partial charge is 0.244 e. The Bertz CT molecular complexity index is 1020. The molecule has 0 saturated heterocycles. The van der Waals surface area contributed by atoms with Crippen LogP contribution in [-0.4, -0.2) is 51.0 Å². The van der Waals surface area contributed by atoms with Gasteiger partial charge in [0.1, 0.15) is 12.6 Å². The molecule has 168 valence electrons. The van der Waals surface area contributed by atoms with Gasteiger partial charge < -0.3 is 10.2 Å². The number of nitrogens with zero attached hydrogens (tertiary/aromatic N) is 2. The van der Waals surface area contributed by atoms with E-state index in [4.69, 9.17) is 0 Å². The second-order valence-electron chi connectivity index (χ2n) is 7.58. The van der Waals surface area contributed by atoms with Gasteiger partial charge in [-0.3, -0.25) is 13.9 Å². The quantitative estimate of drug-likeness (QED) is 0.643. The summed E-state index contributed by atoms with van der Waals surface area (Å²) in [5.74, 6) is -0.730. The van der Waals surface area contributed by atoms with Gasteiger partial charge in [-0.05, 0) is 49.1 Å². The molecule has 0 saturated carbocycles. The van der Waals surface area contributed by atoms with Crippen LogP contribution in [0.5, 0.6) is 0 Å². The van der Waals surface area contributed by atoms with Crippen LogP contribution in [0.2, 0.25) is 0 Å². The van der Waals surface area contributed by atoms with Crippen LogP contribution in [0.1, 0.15) is 30.0 Å². The molecule has 0 radical (unpaired) electrons. The van der Waals surface area contributed by atoms with Crippen LogP contribution in [0.4, 0.5) is 5.69 Å². The van der Waals surface area contributed by atoms with Crippen molar-refractivity contribution in [3.63, 3.8) is 0 Å². The minimum Gasteiger partial charge on any atom is -0.357 e. The second kappa shape index (κ2) is 10.4. The number of likely N-dealkylation sites (N-methyl/N-ethyl adjacent to an activating group) is 1. The highest BCUT2D eigenvalue weighted by Gasteiger charge is 2.31. The highest BCUT2D eigenvalue weighted by molar-refractivity contribution is 7.92. The molecule has 1 N–H and O–H groups in total. The number of anilines is 1. The fourth-order valence-electron chi connectivity index (χ4n) is 3.36. The maximum atomic E-state index is 13.4. The third-order valence-corrected chi connectivity index (χ3v) is 6.43. The van der Waals surface area contributed by atoms with E-state index in [1.807, 2.05) is 57.2 Å². The number of carbonyl (C=O) groups is 2. The van der Waals surface area contributed by atoms with Crippen LogP contribution in [0.15, 0.2) is 48.5 Å². The van der Waals surface area contributed by atoms with E-state index < -0.39 is 22.0 Å². The van der Waals surface area contributed by atoms with E-state index >= 15 is 0 Å². The zero-order valence-corrected chi connectivity index (χ0v) is 19.6. The Hall–Kier alpha value is -2.87. The van der Waals surface area contributed by atoms with E-state index in [-0.39, 0.29) is 19.0 Å². The molecule has 0 unspecified atom stereocenters. The zero-order chi connectivity index (χ0) is 23.2. The molecule has 0 aliphatic heterocycles. The first-order valence-corrected chi connectivity index (χ1v) is 12.0. The standard InChI is InChI=1S/C23H31N3O4S/c1-6-21(23(28)24-4)25(15-19-10-8-7-9-11-19)22(27)16-26(31(5,29)30)20-13-12-17(2)18(3)14-20/h7-14,21H,6,15-16H2,1-5H3,(H,24,28)/t21-/m0/s1. The third-order valence-electron chi connectivity index (χ3n) is 5.29. The number of hydrogen-bond acceptors (Lipinski definition) is 4. The molecule has 7 nitrogen and oxygen atoms in total. The van der Waals surface area contributed by atoms with Gasteiger partial charge in [-0.2, -0.15) is 0 Å². The van der Waals surface area contributed by atoms with E-state index in [2.05, 4.69) is 5.32 Å². The first-order valence-electron chi connectivity index (χ1n) is 10.2. The summed E-state index contributed by atoms with van der Waals surface area (Å²) in [5.41, 5.74) is 3.23. The maximum absolute atomic E-state index is 13.4. The van der Waals surface area contributed by atoms with Gasteiger partial charge in [0.2, 0.25) is 21.8 Å². The van der Waals surface area contributed by atoms with Crippen LogP contribution in [0, 0.1) is 13.8 Å². The van der Waals surface area contributed by atoms with Crippen LogP contribution < -0.4 is 9.62 Å². The van der Waals surface area contributed by atoms with E-state index in [0.717, 1.165) is 27.3 Å². The minimum atomic E-state index is -3.72. The summed E-state index contributed by atoms with van der Waals surface area (Å²) in [6.45, 7) is 5.47. The Morgan fingerprint density at radius 1 is 1.03 bits per heavy atom. The molecule has 0 fully saturated rings. The van der Waals surface area contributed by atoms with E-state index in [1.54, 1.807) is 12.1 Å². The molecule has 0 heterocycles. The summed E-state index contributed by atoms with van der Waals surface area (Å²) >= 11 is 0. The lowest BCUT2D eigenvalue weighted by atomic mass is 10.1.